The summed E-state index contributed by atoms with van der Waals surface area (Å²) in [5.74, 6) is 1.63. The second-order valence-corrected chi connectivity index (χ2v) is 7.37. The first kappa shape index (κ1) is 19.0. The Morgan fingerprint density at radius 1 is 1.00 bits per heavy atom. The van der Waals surface area contributed by atoms with Crippen LogP contribution in [-0.2, 0) is 0 Å². The lowest BCUT2D eigenvalue weighted by Crippen LogP contribution is -2.49. The van der Waals surface area contributed by atoms with E-state index < -0.39 is 0 Å². The van der Waals surface area contributed by atoms with Gasteiger partial charge < -0.3 is 9.80 Å². The van der Waals surface area contributed by atoms with Gasteiger partial charge in [0.1, 0.15) is 24.3 Å². The van der Waals surface area contributed by atoms with Crippen molar-refractivity contribution in [3.05, 3.63) is 78.9 Å². The maximum absolute atomic E-state index is 13.1. The molecule has 4 aromatic rings. The number of benzene rings is 1. The van der Waals surface area contributed by atoms with Crippen molar-refractivity contribution in [1.82, 2.24) is 34.2 Å². The van der Waals surface area contributed by atoms with E-state index in [9.17, 15) is 4.79 Å². The van der Waals surface area contributed by atoms with Gasteiger partial charge in [-0.3, -0.25) is 9.36 Å². The van der Waals surface area contributed by atoms with Crippen LogP contribution in [-0.4, -0.2) is 66.3 Å². The lowest BCUT2D eigenvalue weighted by Gasteiger charge is -2.35. The first-order valence-corrected chi connectivity index (χ1v) is 10.2. The largest absolute Gasteiger partial charge is 0.353 e. The molecule has 156 valence electrons. The van der Waals surface area contributed by atoms with Gasteiger partial charge in [0.05, 0.1) is 23.1 Å². The molecule has 1 saturated heterocycles. The van der Waals surface area contributed by atoms with Crippen molar-refractivity contribution in [2.45, 2.75) is 6.92 Å². The third kappa shape index (κ3) is 3.65. The SMILES string of the molecule is Cc1c(C(=O)N2CCN(c3cc(-n4ccnc4)ncn3)CC2)cnn1-c1ccccc1. The van der Waals surface area contributed by atoms with Gasteiger partial charge in [-0.25, -0.2) is 19.6 Å². The zero-order chi connectivity index (χ0) is 21.2. The van der Waals surface area contributed by atoms with Gasteiger partial charge in [0.15, 0.2) is 0 Å². The number of carbonyl (C=O) groups excluding carboxylic acids is 1. The lowest BCUT2D eigenvalue weighted by molar-refractivity contribution is 0.0745. The molecule has 1 aliphatic heterocycles. The van der Waals surface area contributed by atoms with Crippen LogP contribution < -0.4 is 4.90 Å². The summed E-state index contributed by atoms with van der Waals surface area (Å²) in [5, 5.41) is 4.43. The highest BCUT2D eigenvalue weighted by Crippen LogP contribution is 2.19. The maximum atomic E-state index is 13.1. The van der Waals surface area contributed by atoms with Gasteiger partial charge in [-0.15, -0.1) is 0 Å². The summed E-state index contributed by atoms with van der Waals surface area (Å²) in [5.41, 5.74) is 2.43. The van der Waals surface area contributed by atoms with E-state index in [4.69, 9.17) is 0 Å². The van der Waals surface area contributed by atoms with E-state index in [2.05, 4.69) is 25.0 Å². The number of amides is 1. The minimum Gasteiger partial charge on any atom is -0.353 e. The first-order valence-electron chi connectivity index (χ1n) is 10.2. The number of aromatic nitrogens is 6. The van der Waals surface area contributed by atoms with E-state index in [1.54, 1.807) is 25.0 Å². The standard InChI is InChI=1S/C22H22N8O/c1-17-19(14-26-30(17)18-5-3-2-4-6-18)22(31)28-11-9-27(10-12-28)20-13-21(25-15-24-20)29-8-7-23-16-29/h2-8,13-16H,9-12H2,1H3. The smallest absolute Gasteiger partial charge is 0.257 e. The van der Waals surface area contributed by atoms with Crippen molar-refractivity contribution in [3.8, 4) is 11.5 Å². The van der Waals surface area contributed by atoms with Crippen molar-refractivity contribution >= 4 is 11.7 Å². The normalized spacial score (nSPS) is 14.1. The average Bonchev–Trinajstić information content (AvgIpc) is 3.50. The minimum atomic E-state index is 0.0149. The second-order valence-electron chi connectivity index (χ2n) is 7.37. The number of anilines is 1. The van der Waals surface area contributed by atoms with Gasteiger partial charge in [-0.1, -0.05) is 18.2 Å². The van der Waals surface area contributed by atoms with E-state index in [0.717, 1.165) is 23.0 Å². The molecular formula is C22H22N8O. The Kier molecular flexibility index (Phi) is 4.91. The molecule has 1 fully saturated rings. The van der Waals surface area contributed by atoms with E-state index in [-0.39, 0.29) is 5.91 Å². The summed E-state index contributed by atoms with van der Waals surface area (Å²) in [6.45, 7) is 4.59. The van der Waals surface area contributed by atoms with Crippen LogP contribution in [0.4, 0.5) is 5.82 Å². The fraction of sp³-hybridized carbons (Fsp3) is 0.227. The van der Waals surface area contributed by atoms with E-state index in [1.165, 1.54) is 0 Å². The summed E-state index contributed by atoms with van der Waals surface area (Å²) in [6, 6.07) is 11.8. The number of imidazole rings is 1. The third-order valence-corrected chi connectivity index (χ3v) is 5.54. The van der Waals surface area contributed by atoms with Gasteiger partial charge in [0.25, 0.3) is 5.91 Å². The molecule has 0 bridgehead atoms. The molecule has 3 aromatic heterocycles. The highest BCUT2D eigenvalue weighted by Gasteiger charge is 2.26. The van der Waals surface area contributed by atoms with Crippen molar-refractivity contribution in [2.75, 3.05) is 31.1 Å². The molecule has 4 heterocycles. The van der Waals surface area contributed by atoms with Gasteiger partial charge in [0, 0.05) is 44.6 Å². The quantitative estimate of drug-likeness (QED) is 0.509. The highest BCUT2D eigenvalue weighted by molar-refractivity contribution is 5.95. The van der Waals surface area contributed by atoms with Gasteiger partial charge in [0.2, 0.25) is 0 Å². The van der Waals surface area contributed by atoms with E-state index in [1.807, 2.05) is 63.7 Å². The Labute approximate surface area is 179 Å². The molecular weight excluding hydrogens is 392 g/mol. The van der Waals surface area contributed by atoms with Crippen molar-refractivity contribution in [1.29, 1.82) is 0 Å². The summed E-state index contributed by atoms with van der Waals surface area (Å²) >= 11 is 0. The van der Waals surface area contributed by atoms with E-state index in [0.29, 0.717) is 31.7 Å². The molecule has 0 N–H and O–H groups in total. The number of hydrogen-bond donors (Lipinski definition) is 0. The molecule has 5 rings (SSSR count). The molecule has 0 saturated carbocycles. The molecule has 0 aliphatic carbocycles. The highest BCUT2D eigenvalue weighted by atomic mass is 16.2. The van der Waals surface area contributed by atoms with Gasteiger partial charge in [-0.2, -0.15) is 5.10 Å². The number of para-hydroxylation sites is 1. The van der Waals surface area contributed by atoms with Crippen LogP contribution in [0.3, 0.4) is 0 Å². The van der Waals surface area contributed by atoms with E-state index >= 15 is 0 Å². The predicted molar refractivity (Wildman–Crippen MR) is 116 cm³/mol. The van der Waals surface area contributed by atoms with Crippen LogP contribution in [0.15, 0.2) is 67.6 Å². The molecule has 0 radical (unpaired) electrons. The molecule has 0 unspecified atom stereocenters. The van der Waals surface area contributed by atoms with Crippen LogP contribution >= 0.6 is 0 Å². The Morgan fingerprint density at radius 2 is 1.77 bits per heavy atom. The fourth-order valence-electron chi connectivity index (χ4n) is 3.80. The second kappa shape index (κ2) is 8.02. The monoisotopic (exact) mass is 414 g/mol. The average molecular weight is 414 g/mol. The predicted octanol–water partition coefficient (Wildman–Crippen LogP) is 2.12. The van der Waals surface area contributed by atoms with Gasteiger partial charge in [-0.05, 0) is 19.1 Å². The van der Waals surface area contributed by atoms with Crippen LogP contribution in [0.5, 0.6) is 0 Å². The molecule has 1 aliphatic rings. The van der Waals surface area contributed by atoms with Crippen LogP contribution in [0, 0.1) is 6.92 Å². The number of piperazine rings is 1. The fourth-order valence-corrected chi connectivity index (χ4v) is 3.80. The molecule has 0 atom stereocenters. The molecule has 9 nitrogen and oxygen atoms in total. The Hall–Kier alpha value is -4.01. The molecule has 1 amide bonds. The zero-order valence-electron chi connectivity index (χ0n) is 17.2. The summed E-state index contributed by atoms with van der Waals surface area (Å²) < 4.78 is 3.65. The Balaban J connectivity index is 1.28. The molecule has 0 spiro atoms. The molecule has 31 heavy (non-hydrogen) atoms. The van der Waals surface area contributed by atoms with Crippen LogP contribution in [0.1, 0.15) is 16.1 Å². The molecule has 9 heteroatoms. The number of nitrogens with zero attached hydrogens (tertiary/aromatic N) is 8. The number of hydrogen-bond acceptors (Lipinski definition) is 6. The molecule has 1 aromatic carbocycles. The van der Waals surface area contributed by atoms with Crippen molar-refractivity contribution in [2.24, 2.45) is 0 Å². The number of carbonyl (C=O) groups is 1. The topological polar surface area (TPSA) is 85.0 Å². The van der Waals surface area contributed by atoms with Gasteiger partial charge >= 0.3 is 0 Å². The zero-order valence-corrected chi connectivity index (χ0v) is 17.2. The maximum Gasteiger partial charge on any atom is 0.257 e. The van der Waals surface area contributed by atoms with Crippen molar-refractivity contribution in [3.63, 3.8) is 0 Å². The minimum absolute atomic E-state index is 0.0149. The summed E-state index contributed by atoms with van der Waals surface area (Å²) in [4.78, 5) is 30.0. The summed E-state index contributed by atoms with van der Waals surface area (Å²) in [7, 11) is 0. The van der Waals surface area contributed by atoms with Crippen molar-refractivity contribution < 1.29 is 4.79 Å². The Bertz CT molecular complexity index is 1180. The first-order chi connectivity index (χ1) is 15.2. The lowest BCUT2D eigenvalue weighted by atomic mass is 10.2. The number of rotatable bonds is 4. The van der Waals surface area contributed by atoms with Crippen LogP contribution in [0.25, 0.3) is 11.5 Å². The summed E-state index contributed by atoms with van der Waals surface area (Å²) in [6.07, 6.45) is 8.50. The van der Waals surface area contributed by atoms with Crippen LogP contribution in [0.2, 0.25) is 0 Å². The Morgan fingerprint density at radius 3 is 2.52 bits per heavy atom. The third-order valence-electron chi connectivity index (χ3n) is 5.54.